The number of aryl methyl sites for hydroxylation is 1. The van der Waals surface area contributed by atoms with Crippen molar-refractivity contribution in [1.82, 2.24) is 9.97 Å². The Morgan fingerprint density at radius 2 is 1.81 bits per heavy atom. The van der Waals surface area contributed by atoms with E-state index in [1.807, 2.05) is 6.07 Å². The van der Waals surface area contributed by atoms with Gasteiger partial charge in [0.1, 0.15) is 17.5 Å². The van der Waals surface area contributed by atoms with Gasteiger partial charge in [-0.1, -0.05) is 26.2 Å². The van der Waals surface area contributed by atoms with Gasteiger partial charge in [-0.15, -0.1) is 0 Å². The zero-order chi connectivity index (χ0) is 14.7. The van der Waals surface area contributed by atoms with Crippen LogP contribution in [0.2, 0.25) is 0 Å². The van der Waals surface area contributed by atoms with Crippen LogP contribution in [-0.4, -0.2) is 23.1 Å². The Morgan fingerprint density at radius 1 is 1.10 bits per heavy atom. The Bertz CT molecular complexity index is 470. The molecule has 2 heterocycles. The predicted octanol–water partition coefficient (Wildman–Crippen LogP) is 3.56. The van der Waals surface area contributed by atoms with Crippen molar-refractivity contribution < 1.29 is 0 Å². The van der Waals surface area contributed by atoms with E-state index >= 15 is 0 Å². The van der Waals surface area contributed by atoms with Gasteiger partial charge >= 0.3 is 0 Å². The highest BCUT2D eigenvalue weighted by atomic mass is 15.2. The Kier molecular flexibility index (Phi) is 4.32. The summed E-state index contributed by atoms with van der Waals surface area (Å²) < 4.78 is 0. The first kappa shape index (κ1) is 14.6. The van der Waals surface area contributed by atoms with Gasteiger partial charge in [0.25, 0.3) is 0 Å². The number of rotatable bonds is 3. The lowest BCUT2D eigenvalue weighted by Crippen LogP contribution is -2.41. The normalized spacial score (nSPS) is 21.7. The average molecular weight is 288 g/mol. The fraction of sp³-hybridized carbons (Fsp3) is 0.765. The molecule has 1 saturated heterocycles. The van der Waals surface area contributed by atoms with Gasteiger partial charge in [0.05, 0.1) is 0 Å². The van der Waals surface area contributed by atoms with E-state index in [1.54, 1.807) is 0 Å². The molecule has 1 aromatic rings. The van der Waals surface area contributed by atoms with Gasteiger partial charge < -0.3 is 10.6 Å². The highest BCUT2D eigenvalue weighted by molar-refractivity contribution is 5.47. The summed E-state index contributed by atoms with van der Waals surface area (Å²) in [5.41, 5.74) is 6.59. The second kappa shape index (κ2) is 6.20. The molecule has 1 aliphatic carbocycles. The summed E-state index contributed by atoms with van der Waals surface area (Å²) in [5.74, 6) is 2.54. The Morgan fingerprint density at radius 3 is 2.48 bits per heavy atom. The van der Waals surface area contributed by atoms with Gasteiger partial charge in [-0.2, -0.15) is 0 Å². The lowest BCUT2D eigenvalue weighted by atomic mass is 9.68. The van der Waals surface area contributed by atoms with Gasteiger partial charge in [0.15, 0.2) is 0 Å². The molecule has 21 heavy (non-hydrogen) atoms. The van der Waals surface area contributed by atoms with Crippen molar-refractivity contribution in [3.05, 3.63) is 11.9 Å². The summed E-state index contributed by atoms with van der Waals surface area (Å²) in [7, 11) is 0. The van der Waals surface area contributed by atoms with Crippen LogP contribution in [0, 0.1) is 5.41 Å². The molecule has 0 radical (unpaired) electrons. The third-order valence-corrected chi connectivity index (χ3v) is 5.31. The molecule has 0 atom stereocenters. The highest BCUT2D eigenvalue weighted by Gasteiger charge is 2.35. The summed E-state index contributed by atoms with van der Waals surface area (Å²) in [6, 6.07) is 1.94. The number of nitrogens with zero attached hydrogens (tertiary/aromatic N) is 3. The summed E-state index contributed by atoms with van der Waals surface area (Å²) in [4.78, 5) is 11.5. The molecule has 1 aliphatic heterocycles. The lowest BCUT2D eigenvalue weighted by Gasteiger charge is -2.44. The molecule has 4 nitrogen and oxygen atoms in total. The fourth-order valence-corrected chi connectivity index (χ4v) is 4.01. The smallest absolute Gasteiger partial charge is 0.134 e. The van der Waals surface area contributed by atoms with E-state index in [2.05, 4.69) is 16.8 Å². The number of nitrogens with two attached hydrogens (primary N) is 1. The number of nitrogen functional groups attached to an aromatic ring is 1. The van der Waals surface area contributed by atoms with Crippen molar-refractivity contribution in [2.75, 3.05) is 23.7 Å². The fourth-order valence-electron chi connectivity index (χ4n) is 4.01. The van der Waals surface area contributed by atoms with Gasteiger partial charge in [-0.05, 0) is 37.5 Å². The van der Waals surface area contributed by atoms with Crippen LogP contribution in [0.5, 0.6) is 0 Å². The molecule has 0 aromatic carbocycles. The third kappa shape index (κ3) is 3.30. The van der Waals surface area contributed by atoms with Gasteiger partial charge in [-0.3, -0.25) is 0 Å². The number of piperidine rings is 1. The second-order valence-electron chi connectivity index (χ2n) is 6.86. The monoisotopic (exact) mass is 288 g/mol. The van der Waals surface area contributed by atoms with Gasteiger partial charge in [0.2, 0.25) is 0 Å². The molecule has 2 fully saturated rings. The number of aromatic nitrogens is 2. The molecular formula is C17H28N4. The molecule has 1 saturated carbocycles. The molecule has 0 unspecified atom stereocenters. The molecule has 116 valence electrons. The van der Waals surface area contributed by atoms with E-state index in [0.717, 1.165) is 37.6 Å². The maximum absolute atomic E-state index is 5.95. The van der Waals surface area contributed by atoms with Crippen LogP contribution in [-0.2, 0) is 6.42 Å². The molecule has 2 aliphatic rings. The van der Waals surface area contributed by atoms with Crippen LogP contribution in [0.4, 0.5) is 11.6 Å². The zero-order valence-corrected chi connectivity index (χ0v) is 13.3. The first-order chi connectivity index (χ1) is 10.2. The zero-order valence-electron chi connectivity index (χ0n) is 13.3. The summed E-state index contributed by atoms with van der Waals surface area (Å²) in [6.45, 7) is 4.41. The van der Waals surface area contributed by atoms with Crippen LogP contribution in [0.15, 0.2) is 6.07 Å². The quantitative estimate of drug-likeness (QED) is 0.924. The van der Waals surface area contributed by atoms with E-state index < -0.39 is 0 Å². The minimum absolute atomic E-state index is 0.612. The molecule has 3 rings (SSSR count). The topological polar surface area (TPSA) is 55.0 Å². The van der Waals surface area contributed by atoms with Crippen molar-refractivity contribution >= 4 is 11.6 Å². The van der Waals surface area contributed by atoms with Crippen LogP contribution in [0.1, 0.15) is 64.1 Å². The molecule has 1 aromatic heterocycles. The maximum atomic E-state index is 5.95. The number of hydrogen-bond acceptors (Lipinski definition) is 4. The van der Waals surface area contributed by atoms with Crippen molar-refractivity contribution in [1.29, 1.82) is 0 Å². The number of hydrogen-bond donors (Lipinski definition) is 1. The van der Waals surface area contributed by atoms with E-state index in [0.29, 0.717) is 11.2 Å². The van der Waals surface area contributed by atoms with Crippen LogP contribution < -0.4 is 10.6 Å². The van der Waals surface area contributed by atoms with E-state index in [4.69, 9.17) is 10.7 Å². The Balaban J connectivity index is 1.68. The molecule has 0 amide bonds. The lowest BCUT2D eigenvalue weighted by molar-refractivity contribution is 0.144. The molecule has 4 heteroatoms. The van der Waals surface area contributed by atoms with E-state index in [1.165, 1.54) is 44.9 Å². The molecule has 0 bridgehead atoms. The van der Waals surface area contributed by atoms with Crippen molar-refractivity contribution in [2.24, 2.45) is 5.41 Å². The average Bonchev–Trinajstić information content (AvgIpc) is 2.48. The third-order valence-electron chi connectivity index (χ3n) is 5.31. The van der Waals surface area contributed by atoms with Gasteiger partial charge in [0, 0.05) is 25.6 Å². The van der Waals surface area contributed by atoms with Crippen LogP contribution >= 0.6 is 0 Å². The van der Waals surface area contributed by atoms with Crippen molar-refractivity contribution in [3.63, 3.8) is 0 Å². The first-order valence-electron chi connectivity index (χ1n) is 8.59. The summed E-state index contributed by atoms with van der Waals surface area (Å²) in [6.07, 6.45) is 11.8. The SMILES string of the molecule is CCCc1nc(N)cc(N2CCC3(CCCCC3)CC2)n1. The summed E-state index contributed by atoms with van der Waals surface area (Å²) in [5, 5.41) is 0. The second-order valence-corrected chi connectivity index (χ2v) is 6.86. The first-order valence-corrected chi connectivity index (χ1v) is 8.59. The van der Waals surface area contributed by atoms with E-state index in [-0.39, 0.29) is 0 Å². The standard InChI is InChI=1S/C17H28N4/c1-2-6-15-19-14(18)13-16(20-15)21-11-9-17(10-12-21)7-4-3-5-8-17/h13H,2-12H2,1H3,(H2,18,19,20). The van der Waals surface area contributed by atoms with Crippen molar-refractivity contribution in [3.8, 4) is 0 Å². The van der Waals surface area contributed by atoms with Crippen molar-refractivity contribution in [2.45, 2.75) is 64.7 Å². The molecule has 2 N–H and O–H groups in total. The summed E-state index contributed by atoms with van der Waals surface area (Å²) >= 11 is 0. The minimum Gasteiger partial charge on any atom is -0.384 e. The Labute approximate surface area is 128 Å². The number of anilines is 2. The molecular weight excluding hydrogens is 260 g/mol. The van der Waals surface area contributed by atoms with Crippen LogP contribution in [0.3, 0.4) is 0 Å². The maximum Gasteiger partial charge on any atom is 0.134 e. The largest absolute Gasteiger partial charge is 0.384 e. The van der Waals surface area contributed by atoms with Crippen LogP contribution in [0.25, 0.3) is 0 Å². The minimum atomic E-state index is 0.612. The highest BCUT2D eigenvalue weighted by Crippen LogP contribution is 2.44. The van der Waals surface area contributed by atoms with Gasteiger partial charge in [-0.25, -0.2) is 9.97 Å². The predicted molar refractivity (Wildman–Crippen MR) is 87.4 cm³/mol. The Hall–Kier alpha value is -1.32. The van der Waals surface area contributed by atoms with E-state index in [9.17, 15) is 0 Å². The molecule has 1 spiro atoms.